The van der Waals surface area contributed by atoms with Crippen molar-refractivity contribution in [2.45, 2.75) is 11.8 Å². The molecule has 2 heterocycles. The number of nitrogens with zero attached hydrogens (tertiary/aromatic N) is 1. The van der Waals surface area contributed by atoms with Crippen LogP contribution in [0.4, 0.5) is 5.69 Å². The van der Waals surface area contributed by atoms with Gasteiger partial charge in [-0.1, -0.05) is 17.7 Å². The summed E-state index contributed by atoms with van der Waals surface area (Å²) in [6, 6.07) is 8.79. The lowest BCUT2D eigenvalue weighted by atomic mass is 10.2. The number of carbonyl (C=O) groups is 1. The summed E-state index contributed by atoms with van der Waals surface area (Å²) in [6.07, 6.45) is 1.38. The Labute approximate surface area is 145 Å². The van der Waals surface area contributed by atoms with Gasteiger partial charge in [0.2, 0.25) is 10.0 Å². The molecule has 1 aliphatic heterocycles. The Morgan fingerprint density at radius 3 is 2.54 bits per heavy atom. The molecule has 1 aliphatic rings. The van der Waals surface area contributed by atoms with E-state index in [4.69, 9.17) is 0 Å². The number of hydrogen-bond donors (Lipinski definition) is 2. The van der Waals surface area contributed by atoms with Gasteiger partial charge in [-0.2, -0.15) is 16.1 Å². The van der Waals surface area contributed by atoms with Gasteiger partial charge in [0.05, 0.1) is 0 Å². The predicted molar refractivity (Wildman–Crippen MR) is 96.0 cm³/mol. The van der Waals surface area contributed by atoms with E-state index in [-0.39, 0.29) is 16.5 Å². The molecule has 0 aliphatic carbocycles. The first kappa shape index (κ1) is 17.1. The molecule has 0 spiro atoms. The summed E-state index contributed by atoms with van der Waals surface area (Å²) in [5.74, 6) is 1.23. The third-order valence-corrected chi connectivity index (χ3v) is 6.64. The minimum Gasteiger partial charge on any atom is -0.356 e. The highest BCUT2D eigenvalue weighted by Crippen LogP contribution is 2.21. The van der Waals surface area contributed by atoms with Crippen molar-refractivity contribution < 1.29 is 13.2 Å². The van der Waals surface area contributed by atoms with Crippen molar-refractivity contribution >= 4 is 33.4 Å². The van der Waals surface area contributed by atoms with Gasteiger partial charge in [0.15, 0.2) is 0 Å². The van der Waals surface area contributed by atoms with Crippen molar-refractivity contribution in [2.75, 3.05) is 29.9 Å². The van der Waals surface area contributed by atoms with Gasteiger partial charge in [0, 0.05) is 36.5 Å². The molecular weight excluding hydrogens is 346 g/mol. The van der Waals surface area contributed by atoms with Crippen LogP contribution in [0.25, 0.3) is 0 Å². The number of carbonyl (C=O) groups excluding carboxylic acids is 1. The van der Waals surface area contributed by atoms with E-state index in [1.54, 1.807) is 23.9 Å². The van der Waals surface area contributed by atoms with Crippen LogP contribution >= 0.6 is 11.8 Å². The smallest absolute Gasteiger partial charge is 0.272 e. The summed E-state index contributed by atoms with van der Waals surface area (Å²) in [7, 11) is -3.54. The summed E-state index contributed by atoms with van der Waals surface area (Å²) >= 11 is 1.74. The van der Waals surface area contributed by atoms with Crippen molar-refractivity contribution in [2.24, 2.45) is 0 Å². The first-order valence-electron chi connectivity index (χ1n) is 7.61. The molecule has 0 atom stereocenters. The molecule has 128 valence electrons. The van der Waals surface area contributed by atoms with Crippen LogP contribution in [0.3, 0.4) is 0 Å². The van der Waals surface area contributed by atoms with E-state index in [2.05, 4.69) is 10.3 Å². The fourth-order valence-corrected chi connectivity index (χ4v) is 5.00. The molecule has 24 heavy (non-hydrogen) atoms. The fraction of sp³-hybridized carbons (Fsp3) is 0.312. The van der Waals surface area contributed by atoms with E-state index in [0.717, 1.165) is 17.1 Å². The zero-order chi connectivity index (χ0) is 17.2. The SMILES string of the molecule is Cc1ccc(NC(=O)c2cc(S(=O)(=O)N3CCSCC3)c[nH]2)cc1. The standard InChI is InChI=1S/C16H19N3O3S2/c1-12-2-4-13(5-3-12)18-16(20)15-10-14(11-17-15)24(21,22)19-6-8-23-9-7-19/h2-5,10-11,17H,6-9H2,1H3,(H,18,20). The lowest BCUT2D eigenvalue weighted by Crippen LogP contribution is -2.37. The van der Waals surface area contributed by atoms with Crippen LogP contribution in [0, 0.1) is 6.92 Å². The molecule has 0 saturated carbocycles. The highest BCUT2D eigenvalue weighted by Gasteiger charge is 2.27. The van der Waals surface area contributed by atoms with E-state index in [1.165, 1.54) is 16.6 Å². The zero-order valence-corrected chi connectivity index (χ0v) is 14.9. The molecule has 3 rings (SSSR count). The van der Waals surface area contributed by atoms with Gasteiger partial charge in [-0.25, -0.2) is 8.42 Å². The number of rotatable bonds is 4. The van der Waals surface area contributed by atoms with Gasteiger partial charge in [-0.15, -0.1) is 0 Å². The third kappa shape index (κ3) is 3.66. The maximum atomic E-state index is 12.6. The average Bonchev–Trinajstić information content (AvgIpc) is 3.09. The van der Waals surface area contributed by atoms with Gasteiger partial charge in [0.25, 0.3) is 5.91 Å². The maximum Gasteiger partial charge on any atom is 0.272 e. The summed E-state index contributed by atoms with van der Waals surface area (Å²) < 4.78 is 26.6. The number of aromatic amines is 1. The van der Waals surface area contributed by atoms with E-state index in [9.17, 15) is 13.2 Å². The second kappa shape index (κ2) is 7.00. The van der Waals surface area contributed by atoms with Crippen LogP contribution in [0.5, 0.6) is 0 Å². The Morgan fingerprint density at radius 2 is 1.88 bits per heavy atom. The largest absolute Gasteiger partial charge is 0.356 e. The van der Waals surface area contributed by atoms with Crippen molar-refractivity contribution in [1.29, 1.82) is 0 Å². The number of aryl methyl sites for hydroxylation is 1. The molecule has 8 heteroatoms. The Hall–Kier alpha value is -1.77. The van der Waals surface area contributed by atoms with Gasteiger partial charge in [-0.3, -0.25) is 4.79 Å². The van der Waals surface area contributed by atoms with Gasteiger partial charge in [0.1, 0.15) is 10.6 Å². The summed E-state index contributed by atoms with van der Waals surface area (Å²) in [5.41, 5.74) is 1.99. The Kier molecular flexibility index (Phi) is 4.98. The van der Waals surface area contributed by atoms with Gasteiger partial charge >= 0.3 is 0 Å². The van der Waals surface area contributed by atoms with E-state index in [1.807, 2.05) is 19.1 Å². The second-order valence-corrected chi connectivity index (χ2v) is 8.75. The fourth-order valence-electron chi connectivity index (χ4n) is 2.43. The van der Waals surface area contributed by atoms with Crippen molar-refractivity contribution in [3.05, 3.63) is 47.8 Å². The number of hydrogen-bond acceptors (Lipinski definition) is 4. The maximum absolute atomic E-state index is 12.6. The highest BCUT2D eigenvalue weighted by atomic mass is 32.2. The number of anilines is 1. The topological polar surface area (TPSA) is 82.3 Å². The van der Waals surface area contributed by atoms with Crippen LogP contribution in [0.15, 0.2) is 41.4 Å². The van der Waals surface area contributed by atoms with Gasteiger partial charge in [-0.05, 0) is 25.1 Å². The molecular formula is C16H19N3O3S2. The first-order chi connectivity index (χ1) is 11.5. The van der Waals surface area contributed by atoms with Crippen LogP contribution in [-0.4, -0.2) is 48.2 Å². The zero-order valence-electron chi connectivity index (χ0n) is 13.3. The van der Waals surface area contributed by atoms with E-state index >= 15 is 0 Å². The normalized spacial score (nSPS) is 16.0. The second-order valence-electron chi connectivity index (χ2n) is 5.59. The molecule has 0 unspecified atom stereocenters. The highest BCUT2D eigenvalue weighted by molar-refractivity contribution is 7.99. The average molecular weight is 365 g/mol. The lowest BCUT2D eigenvalue weighted by molar-refractivity contribution is 0.102. The molecule has 1 fully saturated rings. The predicted octanol–water partition coefficient (Wildman–Crippen LogP) is 2.31. The molecule has 0 bridgehead atoms. The Bertz CT molecular complexity index is 823. The number of H-pyrrole nitrogens is 1. The summed E-state index contributed by atoms with van der Waals surface area (Å²) in [6.45, 7) is 2.97. The van der Waals surface area contributed by atoms with Crippen LogP contribution in [0.1, 0.15) is 16.1 Å². The number of nitrogens with one attached hydrogen (secondary N) is 2. The number of benzene rings is 1. The van der Waals surface area contributed by atoms with Crippen molar-refractivity contribution in [1.82, 2.24) is 9.29 Å². The Balaban J connectivity index is 1.74. The van der Waals surface area contributed by atoms with Gasteiger partial charge < -0.3 is 10.3 Å². The summed E-state index contributed by atoms with van der Waals surface area (Å²) in [5, 5.41) is 2.75. The molecule has 1 saturated heterocycles. The number of aromatic nitrogens is 1. The monoisotopic (exact) mass is 365 g/mol. The molecule has 1 amide bonds. The number of thioether (sulfide) groups is 1. The third-order valence-electron chi connectivity index (χ3n) is 3.82. The van der Waals surface area contributed by atoms with Crippen molar-refractivity contribution in [3.63, 3.8) is 0 Å². The van der Waals surface area contributed by atoms with Crippen LogP contribution in [-0.2, 0) is 10.0 Å². The molecule has 2 aromatic rings. The number of amides is 1. The molecule has 1 aromatic heterocycles. The molecule has 1 aromatic carbocycles. The van der Waals surface area contributed by atoms with Crippen LogP contribution in [0.2, 0.25) is 0 Å². The Morgan fingerprint density at radius 1 is 1.21 bits per heavy atom. The van der Waals surface area contributed by atoms with Crippen LogP contribution < -0.4 is 5.32 Å². The van der Waals surface area contributed by atoms with Crippen molar-refractivity contribution in [3.8, 4) is 0 Å². The molecule has 0 radical (unpaired) electrons. The first-order valence-corrected chi connectivity index (χ1v) is 10.2. The molecule has 6 nitrogen and oxygen atoms in total. The quantitative estimate of drug-likeness (QED) is 0.871. The lowest BCUT2D eigenvalue weighted by Gasteiger charge is -2.24. The molecule has 2 N–H and O–H groups in total. The number of sulfonamides is 1. The summed E-state index contributed by atoms with van der Waals surface area (Å²) in [4.78, 5) is 15.1. The minimum absolute atomic E-state index is 0.128. The minimum atomic E-state index is -3.54. The van der Waals surface area contributed by atoms with E-state index in [0.29, 0.717) is 18.8 Å². The van der Waals surface area contributed by atoms with E-state index < -0.39 is 10.0 Å².